The molecule has 0 aliphatic heterocycles. The van der Waals surface area contributed by atoms with Gasteiger partial charge in [0.05, 0.1) is 0 Å². The Balaban J connectivity index is 2.37. The number of amides is 1. The number of anilines is 1. The highest BCUT2D eigenvalue weighted by Crippen LogP contribution is 2.18. The lowest BCUT2D eigenvalue weighted by Gasteiger charge is -2.26. The topological polar surface area (TPSA) is 61.4 Å². The van der Waals surface area contributed by atoms with Crippen LogP contribution >= 0.6 is 11.6 Å². The van der Waals surface area contributed by atoms with Crippen LogP contribution in [0.15, 0.2) is 24.3 Å². The Kier molecular flexibility index (Phi) is 7.15. The first kappa shape index (κ1) is 18.0. The standard InChI is InChI=1S/C16H25ClN2O2/c1-12(18-11-16(2,3)7-8-20)9-15(21)19-14-6-4-5-13(17)10-14/h4-6,10,12,18,20H,7-9,11H2,1-3H3,(H,19,21). The number of benzene rings is 1. The molecule has 0 radical (unpaired) electrons. The lowest BCUT2D eigenvalue weighted by molar-refractivity contribution is -0.116. The Bertz CT molecular complexity index is 463. The van der Waals surface area contributed by atoms with Gasteiger partial charge in [-0.25, -0.2) is 0 Å². The minimum Gasteiger partial charge on any atom is -0.396 e. The molecule has 1 aromatic carbocycles. The molecule has 3 N–H and O–H groups in total. The van der Waals surface area contributed by atoms with E-state index in [1.807, 2.05) is 13.0 Å². The van der Waals surface area contributed by atoms with Gasteiger partial charge in [-0.3, -0.25) is 4.79 Å². The van der Waals surface area contributed by atoms with Gasteiger partial charge in [0.25, 0.3) is 0 Å². The molecule has 0 aliphatic rings. The molecule has 4 nitrogen and oxygen atoms in total. The van der Waals surface area contributed by atoms with Crippen LogP contribution < -0.4 is 10.6 Å². The van der Waals surface area contributed by atoms with Crippen LogP contribution in [0.1, 0.15) is 33.6 Å². The second-order valence-electron chi connectivity index (χ2n) is 6.18. The highest BCUT2D eigenvalue weighted by atomic mass is 35.5. The number of aliphatic hydroxyl groups excluding tert-OH is 1. The zero-order valence-corrected chi connectivity index (χ0v) is 13.7. The third kappa shape index (κ3) is 7.46. The smallest absolute Gasteiger partial charge is 0.225 e. The summed E-state index contributed by atoms with van der Waals surface area (Å²) in [6.07, 6.45) is 1.13. The Hall–Kier alpha value is -1.10. The lowest BCUT2D eigenvalue weighted by Crippen LogP contribution is -2.37. The summed E-state index contributed by atoms with van der Waals surface area (Å²) in [6, 6.07) is 7.18. The number of carbonyl (C=O) groups is 1. The van der Waals surface area contributed by atoms with E-state index in [0.29, 0.717) is 17.1 Å². The summed E-state index contributed by atoms with van der Waals surface area (Å²) in [6.45, 7) is 7.11. The van der Waals surface area contributed by atoms with Crippen molar-refractivity contribution in [1.82, 2.24) is 5.32 Å². The first-order chi connectivity index (χ1) is 9.82. The molecule has 0 spiro atoms. The minimum absolute atomic E-state index is 0.0203. The number of carbonyl (C=O) groups excluding carboxylic acids is 1. The molecular weight excluding hydrogens is 288 g/mol. The highest BCUT2D eigenvalue weighted by Gasteiger charge is 2.18. The van der Waals surface area contributed by atoms with Gasteiger partial charge in [-0.1, -0.05) is 31.5 Å². The molecule has 0 heterocycles. The van der Waals surface area contributed by atoms with Gasteiger partial charge < -0.3 is 15.7 Å². The summed E-state index contributed by atoms with van der Waals surface area (Å²) in [5.74, 6) is -0.0442. The Morgan fingerprint density at radius 3 is 2.76 bits per heavy atom. The van der Waals surface area contributed by atoms with Crippen LogP contribution in [-0.4, -0.2) is 30.2 Å². The van der Waals surface area contributed by atoms with Gasteiger partial charge in [-0.15, -0.1) is 0 Å². The van der Waals surface area contributed by atoms with E-state index in [2.05, 4.69) is 24.5 Å². The van der Waals surface area contributed by atoms with Crippen molar-refractivity contribution in [3.63, 3.8) is 0 Å². The van der Waals surface area contributed by atoms with E-state index in [4.69, 9.17) is 16.7 Å². The van der Waals surface area contributed by atoms with Crippen LogP contribution in [0.3, 0.4) is 0 Å². The van der Waals surface area contributed by atoms with E-state index in [1.54, 1.807) is 18.2 Å². The molecule has 0 aromatic heterocycles. The highest BCUT2D eigenvalue weighted by molar-refractivity contribution is 6.30. The number of hydrogen-bond donors (Lipinski definition) is 3. The molecule has 0 bridgehead atoms. The maximum absolute atomic E-state index is 12.0. The van der Waals surface area contributed by atoms with Gasteiger partial charge in [0.15, 0.2) is 0 Å². The van der Waals surface area contributed by atoms with Gasteiger partial charge in [0.1, 0.15) is 0 Å². The minimum atomic E-state index is -0.0442. The fourth-order valence-electron chi connectivity index (χ4n) is 1.97. The van der Waals surface area contributed by atoms with Crippen molar-refractivity contribution in [2.75, 3.05) is 18.5 Å². The predicted octanol–water partition coefficient (Wildman–Crippen LogP) is 3.06. The van der Waals surface area contributed by atoms with Crippen LogP contribution in [0.5, 0.6) is 0 Å². The van der Waals surface area contributed by atoms with Crippen molar-refractivity contribution in [2.24, 2.45) is 5.41 Å². The van der Waals surface area contributed by atoms with Crippen molar-refractivity contribution in [3.8, 4) is 0 Å². The molecule has 0 saturated heterocycles. The number of aliphatic hydroxyl groups is 1. The summed E-state index contributed by atoms with van der Waals surface area (Å²) >= 11 is 5.88. The molecule has 1 aromatic rings. The van der Waals surface area contributed by atoms with Crippen LogP contribution in [0.2, 0.25) is 5.02 Å². The molecule has 1 atom stereocenters. The van der Waals surface area contributed by atoms with Crippen LogP contribution in [0, 0.1) is 5.41 Å². The summed E-state index contributed by atoms with van der Waals surface area (Å²) < 4.78 is 0. The van der Waals surface area contributed by atoms with E-state index in [0.717, 1.165) is 13.0 Å². The predicted molar refractivity (Wildman–Crippen MR) is 87.6 cm³/mol. The molecule has 1 unspecified atom stereocenters. The van der Waals surface area contributed by atoms with Crippen LogP contribution in [0.4, 0.5) is 5.69 Å². The second-order valence-corrected chi connectivity index (χ2v) is 6.62. The third-order valence-electron chi connectivity index (χ3n) is 3.32. The van der Waals surface area contributed by atoms with Gasteiger partial charge in [0.2, 0.25) is 5.91 Å². The van der Waals surface area contributed by atoms with Crippen molar-refractivity contribution in [2.45, 2.75) is 39.7 Å². The van der Waals surface area contributed by atoms with Crippen LogP contribution in [0.25, 0.3) is 0 Å². The van der Waals surface area contributed by atoms with Gasteiger partial charge in [0, 0.05) is 36.3 Å². The lowest BCUT2D eigenvalue weighted by atomic mass is 9.89. The largest absolute Gasteiger partial charge is 0.396 e. The van der Waals surface area contributed by atoms with Crippen molar-refractivity contribution in [1.29, 1.82) is 0 Å². The average Bonchev–Trinajstić information content (AvgIpc) is 2.36. The number of hydrogen-bond acceptors (Lipinski definition) is 3. The maximum Gasteiger partial charge on any atom is 0.225 e. The van der Waals surface area contributed by atoms with E-state index in [-0.39, 0.29) is 24.0 Å². The van der Waals surface area contributed by atoms with E-state index < -0.39 is 0 Å². The molecule has 1 amide bonds. The van der Waals surface area contributed by atoms with E-state index in [9.17, 15) is 4.79 Å². The SMILES string of the molecule is CC(CC(=O)Nc1cccc(Cl)c1)NCC(C)(C)CCO. The third-order valence-corrected chi connectivity index (χ3v) is 3.55. The average molecular weight is 313 g/mol. The summed E-state index contributed by atoms with van der Waals surface area (Å²) in [5, 5.41) is 15.8. The molecule has 0 fully saturated rings. The number of rotatable bonds is 8. The van der Waals surface area contributed by atoms with Gasteiger partial charge in [-0.05, 0) is 37.0 Å². The van der Waals surface area contributed by atoms with Gasteiger partial charge >= 0.3 is 0 Å². The van der Waals surface area contributed by atoms with Crippen molar-refractivity contribution >= 4 is 23.2 Å². The summed E-state index contributed by atoms with van der Waals surface area (Å²) in [5.41, 5.74) is 0.729. The fourth-order valence-corrected chi connectivity index (χ4v) is 2.16. The molecule has 0 aliphatic carbocycles. The zero-order valence-electron chi connectivity index (χ0n) is 12.9. The molecule has 21 heavy (non-hydrogen) atoms. The molecule has 0 saturated carbocycles. The van der Waals surface area contributed by atoms with E-state index in [1.165, 1.54) is 0 Å². The molecule has 5 heteroatoms. The van der Waals surface area contributed by atoms with Gasteiger partial charge in [-0.2, -0.15) is 0 Å². The Labute approximate surface area is 131 Å². The van der Waals surface area contributed by atoms with Crippen molar-refractivity contribution < 1.29 is 9.90 Å². The first-order valence-electron chi connectivity index (χ1n) is 7.22. The number of nitrogens with one attached hydrogen (secondary N) is 2. The quantitative estimate of drug-likeness (QED) is 0.691. The second kappa shape index (κ2) is 8.37. The first-order valence-corrected chi connectivity index (χ1v) is 7.60. The fraction of sp³-hybridized carbons (Fsp3) is 0.562. The number of halogens is 1. The monoisotopic (exact) mass is 312 g/mol. The van der Waals surface area contributed by atoms with Crippen molar-refractivity contribution in [3.05, 3.63) is 29.3 Å². The maximum atomic E-state index is 12.0. The molecular formula is C16H25ClN2O2. The molecule has 1 rings (SSSR count). The van der Waals surface area contributed by atoms with Crippen LogP contribution in [-0.2, 0) is 4.79 Å². The van der Waals surface area contributed by atoms with E-state index >= 15 is 0 Å². The molecule has 118 valence electrons. The zero-order chi connectivity index (χ0) is 15.9. The summed E-state index contributed by atoms with van der Waals surface area (Å²) in [4.78, 5) is 12.0. The Morgan fingerprint density at radius 2 is 2.14 bits per heavy atom. The summed E-state index contributed by atoms with van der Waals surface area (Å²) in [7, 11) is 0. The Morgan fingerprint density at radius 1 is 1.43 bits per heavy atom. The normalized spacial score (nSPS) is 13.0.